The van der Waals surface area contributed by atoms with Crippen LogP contribution >= 0.6 is 0 Å². The minimum absolute atomic E-state index is 0.0290. The minimum Gasteiger partial charge on any atom is -0.465 e. The van der Waals surface area contributed by atoms with Crippen molar-refractivity contribution in [1.82, 2.24) is 4.72 Å². The van der Waals surface area contributed by atoms with E-state index in [1.807, 2.05) is 0 Å². The fraction of sp³-hybridized carbons (Fsp3) is 0.500. The molecule has 0 saturated heterocycles. The lowest BCUT2D eigenvalue weighted by Crippen LogP contribution is -2.42. The molecule has 21 heavy (non-hydrogen) atoms. The Morgan fingerprint density at radius 2 is 1.95 bits per heavy atom. The Morgan fingerprint density at radius 3 is 2.43 bits per heavy atom. The van der Waals surface area contributed by atoms with E-state index in [0.29, 0.717) is 0 Å². The summed E-state index contributed by atoms with van der Waals surface area (Å²) in [4.78, 5) is 11.3. The minimum atomic E-state index is -3.71. The van der Waals surface area contributed by atoms with Crippen LogP contribution in [0.3, 0.4) is 0 Å². The highest BCUT2D eigenvalue weighted by Crippen LogP contribution is 2.39. The zero-order valence-electron chi connectivity index (χ0n) is 12.0. The topological polar surface area (TPSA) is 92.7 Å². The molecule has 2 rings (SSSR count). The average Bonchev–Trinajstić information content (AvgIpc) is 3.30. The molecule has 1 fully saturated rings. The molecule has 1 aromatic rings. The van der Waals surface area contributed by atoms with Crippen molar-refractivity contribution in [2.75, 3.05) is 13.7 Å². The maximum absolute atomic E-state index is 12.1. The first-order valence-corrected chi connectivity index (χ1v) is 8.15. The van der Waals surface area contributed by atoms with Crippen LogP contribution in [0.25, 0.3) is 0 Å². The molecule has 0 unspecified atom stereocenters. The molecule has 2 N–H and O–H groups in total. The highest BCUT2D eigenvalue weighted by molar-refractivity contribution is 7.89. The van der Waals surface area contributed by atoms with Crippen molar-refractivity contribution < 1.29 is 23.1 Å². The Kier molecular flexibility index (Phi) is 4.36. The van der Waals surface area contributed by atoms with Crippen molar-refractivity contribution in [2.24, 2.45) is 5.92 Å². The molecular formula is C14H19NO5S. The Balaban J connectivity index is 2.07. The highest BCUT2D eigenvalue weighted by atomic mass is 32.2. The van der Waals surface area contributed by atoms with Crippen LogP contribution in [0.5, 0.6) is 0 Å². The summed E-state index contributed by atoms with van der Waals surface area (Å²) in [6.07, 6.45) is 1.84. The third-order valence-electron chi connectivity index (χ3n) is 3.66. The van der Waals surface area contributed by atoms with Gasteiger partial charge in [-0.05, 0) is 49.9 Å². The highest BCUT2D eigenvalue weighted by Gasteiger charge is 2.40. The molecule has 7 heteroatoms. The molecule has 1 aliphatic rings. The van der Waals surface area contributed by atoms with Crippen LogP contribution in [0.1, 0.15) is 30.1 Å². The van der Waals surface area contributed by atoms with E-state index in [9.17, 15) is 18.3 Å². The van der Waals surface area contributed by atoms with Gasteiger partial charge in [-0.2, -0.15) is 0 Å². The van der Waals surface area contributed by atoms with Crippen molar-refractivity contribution in [2.45, 2.75) is 30.3 Å². The summed E-state index contributed by atoms with van der Waals surface area (Å²) in [5.74, 6) is -0.370. The first kappa shape index (κ1) is 15.9. The smallest absolute Gasteiger partial charge is 0.337 e. The second kappa shape index (κ2) is 5.75. The molecule has 1 atom stereocenters. The Bertz CT molecular complexity index is 617. The summed E-state index contributed by atoms with van der Waals surface area (Å²) >= 11 is 0. The fourth-order valence-electron chi connectivity index (χ4n) is 2.06. The molecule has 0 amide bonds. The van der Waals surface area contributed by atoms with E-state index in [2.05, 4.69) is 9.46 Å². The molecule has 116 valence electrons. The Morgan fingerprint density at radius 1 is 1.38 bits per heavy atom. The zero-order valence-corrected chi connectivity index (χ0v) is 12.8. The summed E-state index contributed by atoms with van der Waals surface area (Å²) in [5, 5.41) is 10.1. The Hall–Kier alpha value is -1.44. The van der Waals surface area contributed by atoms with Crippen LogP contribution in [-0.2, 0) is 14.8 Å². The number of aliphatic hydroxyl groups is 1. The first-order valence-electron chi connectivity index (χ1n) is 6.67. The molecule has 1 aromatic carbocycles. The molecule has 0 aliphatic heterocycles. The van der Waals surface area contributed by atoms with E-state index in [4.69, 9.17) is 0 Å². The van der Waals surface area contributed by atoms with Crippen molar-refractivity contribution in [3.63, 3.8) is 0 Å². The number of esters is 1. The van der Waals surface area contributed by atoms with Gasteiger partial charge in [0.1, 0.15) is 0 Å². The molecule has 6 nitrogen and oxygen atoms in total. The molecule has 1 saturated carbocycles. The quantitative estimate of drug-likeness (QED) is 0.762. The van der Waals surface area contributed by atoms with Gasteiger partial charge in [0, 0.05) is 6.54 Å². The van der Waals surface area contributed by atoms with Crippen LogP contribution in [-0.4, -0.2) is 38.7 Å². The largest absolute Gasteiger partial charge is 0.465 e. The molecular weight excluding hydrogens is 294 g/mol. The number of ether oxygens (including phenoxy) is 1. The standard InChI is InChI=1S/C14H19NO5S/c1-14(17,11-5-6-11)9-15-21(18,19)12-7-3-10(4-8-12)13(16)20-2/h3-4,7-8,11,15,17H,5-6,9H2,1-2H3/t14-/m0/s1. The van der Waals surface area contributed by atoms with E-state index < -0.39 is 21.6 Å². The van der Waals surface area contributed by atoms with E-state index in [1.165, 1.54) is 31.4 Å². The lowest BCUT2D eigenvalue weighted by molar-refractivity contribution is 0.0422. The van der Waals surface area contributed by atoms with Crippen LogP contribution in [0.2, 0.25) is 0 Å². The number of hydrogen-bond donors (Lipinski definition) is 2. The van der Waals surface area contributed by atoms with Crippen LogP contribution < -0.4 is 4.72 Å². The van der Waals surface area contributed by atoms with Gasteiger partial charge in [0.25, 0.3) is 0 Å². The number of benzene rings is 1. The van der Waals surface area contributed by atoms with Gasteiger partial charge in [-0.1, -0.05) is 0 Å². The van der Waals surface area contributed by atoms with Gasteiger partial charge < -0.3 is 9.84 Å². The SMILES string of the molecule is COC(=O)c1ccc(S(=O)(=O)NC[C@](C)(O)C2CC2)cc1. The summed E-state index contributed by atoms with van der Waals surface area (Å²) in [6, 6.07) is 5.44. The van der Waals surface area contributed by atoms with Crippen molar-refractivity contribution in [3.8, 4) is 0 Å². The third kappa shape index (κ3) is 3.81. The maximum Gasteiger partial charge on any atom is 0.337 e. The molecule has 0 bridgehead atoms. The lowest BCUT2D eigenvalue weighted by atomic mass is 10.0. The second-order valence-electron chi connectivity index (χ2n) is 5.47. The lowest BCUT2D eigenvalue weighted by Gasteiger charge is -2.23. The second-order valence-corrected chi connectivity index (χ2v) is 7.24. The number of sulfonamides is 1. The monoisotopic (exact) mass is 313 g/mol. The van der Waals surface area contributed by atoms with E-state index >= 15 is 0 Å². The van der Waals surface area contributed by atoms with Gasteiger partial charge in [0.05, 0.1) is 23.2 Å². The van der Waals surface area contributed by atoms with Gasteiger partial charge in [-0.3, -0.25) is 0 Å². The van der Waals surface area contributed by atoms with Gasteiger partial charge in [-0.15, -0.1) is 0 Å². The molecule has 0 radical (unpaired) electrons. The van der Waals surface area contributed by atoms with Gasteiger partial charge in [0.15, 0.2) is 0 Å². The van der Waals surface area contributed by atoms with Crippen molar-refractivity contribution in [1.29, 1.82) is 0 Å². The summed E-state index contributed by atoms with van der Waals surface area (Å²) < 4.78 is 31.2. The van der Waals surface area contributed by atoms with Gasteiger partial charge >= 0.3 is 5.97 Å². The summed E-state index contributed by atoms with van der Waals surface area (Å²) in [7, 11) is -2.45. The zero-order chi connectivity index (χ0) is 15.7. The van der Waals surface area contributed by atoms with Gasteiger partial charge in [0.2, 0.25) is 10.0 Å². The fourth-order valence-corrected chi connectivity index (χ4v) is 3.21. The maximum atomic E-state index is 12.1. The van der Waals surface area contributed by atoms with Gasteiger partial charge in [-0.25, -0.2) is 17.9 Å². The average molecular weight is 313 g/mol. The predicted molar refractivity (Wildman–Crippen MR) is 76.3 cm³/mol. The number of rotatable bonds is 6. The Labute approximate surface area is 124 Å². The van der Waals surface area contributed by atoms with Crippen LogP contribution in [0.15, 0.2) is 29.2 Å². The summed E-state index contributed by atoms with van der Waals surface area (Å²) in [5.41, 5.74) is -0.750. The number of carbonyl (C=O) groups excluding carboxylic acids is 1. The van der Waals surface area contributed by atoms with Crippen molar-refractivity contribution in [3.05, 3.63) is 29.8 Å². The van der Waals surface area contributed by atoms with Crippen LogP contribution in [0, 0.1) is 5.92 Å². The number of carbonyl (C=O) groups is 1. The van der Waals surface area contributed by atoms with E-state index in [1.54, 1.807) is 6.92 Å². The number of methoxy groups -OCH3 is 1. The molecule has 1 aliphatic carbocycles. The van der Waals surface area contributed by atoms with Crippen molar-refractivity contribution >= 4 is 16.0 Å². The summed E-state index contributed by atoms with van der Waals surface area (Å²) in [6.45, 7) is 1.60. The van der Waals surface area contributed by atoms with E-state index in [-0.39, 0.29) is 22.9 Å². The molecule has 0 aromatic heterocycles. The molecule has 0 heterocycles. The van der Waals surface area contributed by atoms with Crippen LogP contribution in [0.4, 0.5) is 0 Å². The predicted octanol–water partition coefficient (Wildman–Crippen LogP) is 0.912. The number of nitrogens with one attached hydrogen (secondary N) is 1. The first-order chi connectivity index (χ1) is 9.76. The normalized spacial score (nSPS) is 18.0. The third-order valence-corrected chi connectivity index (χ3v) is 5.08. The number of hydrogen-bond acceptors (Lipinski definition) is 5. The van der Waals surface area contributed by atoms with E-state index in [0.717, 1.165) is 12.8 Å². The molecule has 0 spiro atoms.